The molecule has 0 radical (unpaired) electrons. The van der Waals surface area contributed by atoms with Crippen molar-refractivity contribution in [2.24, 2.45) is 5.73 Å². The number of ether oxygens (including phenoxy) is 1. The lowest BCUT2D eigenvalue weighted by Gasteiger charge is -2.25. The van der Waals surface area contributed by atoms with Crippen LogP contribution in [0.4, 0.5) is 0 Å². The van der Waals surface area contributed by atoms with Crippen LogP contribution in [-0.2, 0) is 11.8 Å². The van der Waals surface area contributed by atoms with Gasteiger partial charge >= 0.3 is 0 Å². The molecule has 2 N–H and O–H groups in total. The Balaban J connectivity index is 0.00000361. The Morgan fingerprint density at radius 3 is 2.30 bits per heavy atom. The van der Waals surface area contributed by atoms with Gasteiger partial charge in [-0.3, -0.25) is 0 Å². The van der Waals surface area contributed by atoms with Crippen molar-refractivity contribution in [2.45, 2.75) is 58.9 Å². The van der Waals surface area contributed by atoms with E-state index in [0.29, 0.717) is 11.6 Å². The summed E-state index contributed by atoms with van der Waals surface area (Å²) in [6.07, 6.45) is 1.82. The van der Waals surface area contributed by atoms with Crippen molar-refractivity contribution in [3.8, 4) is 5.75 Å². The summed E-state index contributed by atoms with van der Waals surface area (Å²) in [7, 11) is 0. The molecule has 0 heterocycles. The van der Waals surface area contributed by atoms with Crippen molar-refractivity contribution >= 4 is 24.0 Å². The minimum atomic E-state index is 0. The molecule has 0 amide bonds. The maximum atomic E-state index is 6.38. The summed E-state index contributed by atoms with van der Waals surface area (Å²) in [5, 5.41) is 0.688. The molecular weight excluding hydrogens is 293 g/mol. The van der Waals surface area contributed by atoms with Gasteiger partial charge in [-0.2, -0.15) is 0 Å². The third kappa shape index (κ3) is 5.16. The van der Waals surface area contributed by atoms with E-state index < -0.39 is 0 Å². The Morgan fingerprint density at radius 2 is 1.85 bits per heavy atom. The standard InChI is InChI=1S/C16H26ClNO.ClH/c1-6-12(18)8-11-9-13(16(3,4)5)15(19-7-2)14(17)10-11;/h9-10,12H,6-8,18H2,1-5H3;1H. The van der Waals surface area contributed by atoms with E-state index in [1.54, 1.807) is 0 Å². The fourth-order valence-electron chi connectivity index (χ4n) is 2.06. The van der Waals surface area contributed by atoms with Crippen molar-refractivity contribution in [1.29, 1.82) is 0 Å². The molecule has 1 atom stereocenters. The van der Waals surface area contributed by atoms with Gasteiger partial charge in [0.1, 0.15) is 5.75 Å². The topological polar surface area (TPSA) is 35.2 Å². The van der Waals surface area contributed by atoms with E-state index in [4.69, 9.17) is 22.1 Å². The van der Waals surface area contributed by atoms with E-state index >= 15 is 0 Å². The van der Waals surface area contributed by atoms with E-state index in [9.17, 15) is 0 Å². The van der Waals surface area contributed by atoms with Gasteiger partial charge in [0.25, 0.3) is 0 Å². The van der Waals surface area contributed by atoms with Crippen LogP contribution in [0.3, 0.4) is 0 Å². The van der Waals surface area contributed by atoms with Crippen LogP contribution in [-0.4, -0.2) is 12.6 Å². The average Bonchev–Trinajstić information content (AvgIpc) is 2.30. The lowest BCUT2D eigenvalue weighted by atomic mass is 9.84. The van der Waals surface area contributed by atoms with Crippen LogP contribution in [0.2, 0.25) is 5.02 Å². The van der Waals surface area contributed by atoms with Gasteiger partial charge in [-0.1, -0.05) is 45.4 Å². The Kier molecular flexibility index (Phi) is 7.93. The number of hydrogen-bond acceptors (Lipinski definition) is 2. The van der Waals surface area contributed by atoms with Crippen LogP contribution in [0.1, 0.15) is 52.2 Å². The summed E-state index contributed by atoms with van der Waals surface area (Å²) in [5.41, 5.74) is 8.38. The van der Waals surface area contributed by atoms with Crippen molar-refractivity contribution in [2.75, 3.05) is 6.61 Å². The Morgan fingerprint density at radius 1 is 1.25 bits per heavy atom. The van der Waals surface area contributed by atoms with Gasteiger partial charge in [0.2, 0.25) is 0 Å². The largest absolute Gasteiger partial charge is 0.492 e. The van der Waals surface area contributed by atoms with Crippen LogP contribution >= 0.6 is 24.0 Å². The second-order valence-corrected chi connectivity index (χ2v) is 6.42. The molecule has 0 aromatic heterocycles. The third-order valence-corrected chi connectivity index (χ3v) is 3.50. The lowest BCUT2D eigenvalue weighted by molar-refractivity contribution is 0.330. The summed E-state index contributed by atoms with van der Waals surface area (Å²) in [5.74, 6) is 0.811. The molecule has 0 fully saturated rings. The highest BCUT2D eigenvalue weighted by Gasteiger charge is 2.22. The molecule has 20 heavy (non-hydrogen) atoms. The van der Waals surface area contributed by atoms with Crippen molar-refractivity contribution < 1.29 is 4.74 Å². The highest BCUT2D eigenvalue weighted by atomic mass is 35.5. The molecule has 0 saturated heterocycles. The second-order valence-electron chi connectivity index (χ2n) is 6.01. The monoisotopic (exact) mass is 319 g/mol. The summed E-state index contributed by atoms with van der Waals surface area (Å²) < 4.78 is 5.72. The van der Waals surface area contributed by atoms with Gasteiger partial charge in [0.15, 0.2) is 0 Å². The van der Waals surface area contributed by atoms with Gasteiger partial charge in [-0.15, -0.1) is 12.4 Å². The lowest BCUT2D eigenvalue weighted by Crippen LogP contribution is -2.22. The van der Waals surface area contributed by atoms with E-state index in [-0.39, 0.29) is 23.9 Å². The number of hydrogen-bond donors (Lipinski definition) is 1. The Labute approximate surface area is 134 Å². The highest BCUT2D eigenvalue weighted by Crippen LogP contribution is 2.38. The van der Waals surface area contributed by atoms with Crippen molar-refractivity contribution in [3.05, 3.63) is 28.3 Å². The zero-order valence-corrected chi connectivity index (χ0v) is 14.7. The first-order valence-corrected chi connectivity index (χ1v) is 7.38. The van der Waals surface area contributed by atoms with E-state index in [1.807, 2.05) is 13.0 Å². The normalized spacial score (nSPS) is 12.8. The minimum Gasteiger partial charge on any atom is -0.492 e. The molecule has 1 rings (SSSR count). The van der Waals surface area contributed by atoms with E-state index in [0.717, 1.165) is 24.2 Å². The van der Waals surface area contributed by atoms with Gasteiger partial charge in [0, 0.05) is 11.6 Å². The molecule has 4 heteroatoms. The van der Waals surface area contributed by atoms with Crippen LogP contribution < -0.4 is 10.5 Å². The van der Waals surface area contributed by atoms with E-state index in [1.165, 1.54) is 5.56 Å². The molecular formula is C16H27Cl2NO. The maximum absolute atomic E-state index is 6.38. The predicted molar refractivity (Wildman–Crippen MR) is 90.5 cm³/mol. The zero-order chi connectivity index (χ0) is 14.6. The Hall–Kier alpha value is -0.440. The highest BCUT2D eigenvalue weighted by molar-refractivity contribution is 6.32. The molecule has 116 valence electrons. The molecule has 0 aliphatic heterocycles. The predicted octanol–water partition coefficient (Wildman–Crippen LogP) is 4.74. The molecule has 2 nitrogen and oxygen atoms in total. The Bertz CT molecular complexity index is 427. The molecule has 1 aromatic rings. The number of nitrogens with two attached hydrogens (primary N) is 1. The third-order valence-electron chi connectivity index (χ3n) is 3.22. The summed E-state index contributed by atoms with van der Waals surface area (Å²) in [6.45, 7) is 11.2. The molecule has 0 saturated carbocycles. The molecule has 0 aliphatic carbocycles. The average molecular weight is 320 g/mol. The first kappa shape index (κ1) is 19.6. The van der Waals surface area contributed by atoms with Gasteiger partial charge < -0.3 is 10.5 Å². The van der Waals surface area contributed by atoms with Gasteiger partial charge in [0.05, 0.1) is 11.6 Å². The first-order valence-electron chi connectivity index (χ1n) is 7.00. The van der Waals surface area contributed by atoms with Crippen molar-refractivity contribution in [1.82, 2.24) is 0 Å². The quantitative estimate of drug-likeness (QED) is 0.850. The molecule has 0 spiro atoms. The zero-order valence-electron chi connectivity index (χ0n) is 13.1. The minimum absolute atomic E-state index is 0. The fourth-order valence-corrected chi connectivity index (χ4v) is 2.36. The smallest absolute Gasteiger partial charge is 0.141 e. The summed E-state index contributed by atoms with van der Waals surface area (Å²) >= 11 is 6.38. The number of rotatable bonds is 5. The molecule has 0 aliphatic rings. The molecule has 0 bridgehead atoms. The molecule has 1 aromatic carbocycles. The summed E-state index contributed by atoms with van der Waals surface area (Å²) in [6, 6.07) is 4.35. The van der Waals surface area contributed by atoms with E-state index in [2.05, 4.69) is 33.8 Å². The van der Waals surface area contributed by atoms with Crippen LogP contribution in [0, 0.1) is 0 Å². The second kappa shape index (κ2) is 8.11. The fraction of sp³-hybridized carbons (Fsp3) is 0.625. The summed E-state index contributed by atoms with van der Waals surface area (Å²) in [4.78, 5) is 0. The van der Waals surface area contributed by atoms with Crippen molar-refractivity contribution in [3.63, 3.8) is 0 Å². The first-order chi connectivity index (χ1) is 8.79. The maximum Gasteiger partial charge on any atom is 0.141 e. The van der Waals surface area contributed by atoms with Gasteiger partial charge in [-0.25, -0.2) is 0 Å². The van der Waals surface area contributed by atoms with Crippen LogP contribution in [0.15, 0.2) is 12.1 Å². The van der Waals surface area contributed by atoms with Crippen LogP contribution in [0.5, 0.6) is 5.75 Å². The SMILES string of the molecule is CCOc1c(Cl)cc(CC(N)CC)cc1C(C)(C)C.Cl. The van der Waals surface area contributed by atoms with Crippen LogP contribution in [0.25, 0.3) is 0 Å². The van der Waals surface area contributed by atoms with Gasteiger partial charge in [-0.05, 0) is 36.8 Å². The molecule has 1 unspecified atom stereocenters. The number of halogens is 2. The number of benzene rings is 1.